The molecule has 4 N–H and O–H groups in total. The number of carbonyl (C=O) groups excluding carboxylic acids is 1. The molecule has 1 aliphatic heterocycles. The molecule has 0 aromatic carbocycles. The van der Waals surface area contributed by atoms with Crippen LogP contribution < -0.4 is 11.3 Å². The molecule has 16 heavy (non-hydrogen) atoms. The van der Waals surface area contributed by atoms with Crippen molar-refractivity contribution in [2.24, 2.45) is 5.84 Å². The zero-order chi connectivity index (χ0) is 11.8. The Morgan fingerprint density at radius 1 is 1.50 bits per heavy atom. The van der Waals surface area contributed by atoms with Gasteiger partial charge in [0.25, 0.3) is 0 Å². The van der Waals surface area contributed by atoms with Crippen LogP contribution in [0.5, 0.6) is 0 Å². The lowest BCUT2D eigenvalue weighted by atomic mass is 10.1. The highest BCUT2D eigenvalue weighted by atomic mass is 16.2. The maximum Gasteiger partial charge on any atom is 0.233 e. The summed E-state index contributed by atoms with van der Waals surface area (Å²) >= 11 is 0. The van der Waals surface area contributed by atoms with Crippen molar-refractivity contribution < 1.29 is 9.90 Å². The van der Waals surface area contributed by atoms with Crippen LogP contribution in [-0.2, 0) is 4.79 Å². The van der Waals surface area contributed by atoms with Crippen LogP contribution in [0.2, 0.25) is 0 Å². The Morgan fingerprint density at radius 3 is 3.00 bits per heavy atom. The number of rotatable bonds is 7. The zero-order valence-corrected chi connectivity index (χ0v) is 9.82. The maximum atomic E-state index is 11.0. The van der Waals surface area contributed by atoms with Crippen LogP contribution >= 0.6 is 0 Å². The van der Waals surface area contributed by atoms with Crippen LogP contribution in [0, 0.1) is 0 Å². The second-order valence-electron chi connectivity index (χ2n) is 4.37. The van der Waals surface area contributed by atoms with Crippen molar-refractivity contribution in [3.8, 4) is 0 Å². The number of nitrogens with two attached hydrogens (primary N) is 1. The topological polar surface area (TPSA) is 78.6 Å². The molecule has 1 aliphatic rings. The Bertz CT molecular complexity index is 211. The average Bonchev–Trinajstić information content (AvgIpc) is 2.73. The molecule has 0 radical (unpaired) electrons. The van der Waals surface area contributed by atoms with E-state index in [0.717, 1.165) is 32.4 Å². The van der Waals surface area contributed by atoms with Crippen LogP contribution in [0.4, 0.5) is 0 Å². The first-order chi connectivity index (χ1) is 7.77. The van der Waals surface area contributed by atoms with Crippen molar-refractivity contribution >= 4 is 5.91 Å². The van der Waals surface area contributed by atoms with E-state index in [-0.39, 0.29) is 12.5 Å². The number of amides is 1. The third-order valence-corrected chi connectivity index (χ3v) is 3.20. The number of hydrogen-bond acceptors (Lipinski definition) is 4. The molecule has 1 amide bonds. The molecule has 5 heteroatoms. The average molecular weight is 229 g/mol. The van der Waals surface area contributed by atoms with Crippen LogP contribution in [0.1, 0.15) is 38.5 Å². The number of carbonyl (C=O) groups is 1. The van der Waals surface area contributed by atoms with Crippen molar-refractivity contribution in [2.45, 2.75) is 44.6 Å². The molecule has 1 atom stereocenters. The lowest BCUT2D eigenvalue weighted by Gasteiger charge is -2.23. The highest BCUT2D eigenvalue weighted by molar-refractivity contribution is 5.75. The fraction of sp³-hybridized carbons (Fsp3) is 0.909. The molecule has 0 saturated carbocycles. The Kier molecular flexibility index (Phi) is 6.37. The van der Waals surface area contributed by atoms with Gasteiger partial charge in [0.15, 0.2) is 0 Å². The molecule has 0 bridgehead atoms. The van der Waals surface area contributed by atoms with Gasteiger partial charge in [-0.15, -0.1) is 0 Å². The minimum Gasteiger partial charge on any atom is -0.396 e. The molecule has 94 valence electrons. The van der Waals surface area contributed by atoms with Gasteiger partial charge < -0.3 is 10.0 Å². The van der Waals surface area contributed by atoms with Crippen LogP contribution in [-0.4, -0.2) is 41.7 Å². The van der Waals surface area contributed by atoms with Crippen molar-refractivity contribution in [1.82, 2.24) is 10.3 Å². The molecule has 5 nitrogen and oxygen atoms in total. The molecule has 0 aliphatic carbocycles. The number of hydrogen-bond donors (Lipinski definition) is 3. The molecular formula is C11H23N3O2. The van der Waals surface area contributed by atoms with Gasteiger partial charge in [-0.25, -0.2) is 5.84 Å². The summed E-state index contributed by atoms with van der Waals surface area (Å²) in [6.45, 7) is 2.36. The van der Waals surface area contributed by atoms with Gasteiger partial charge in [0, 0.05) is 19.1 Å². The molecule has 0 aromatic heterocycles. The van der Waals surface area contributed by atoms with E-state index in [2.05, 4.69) is 10.3 Å². The fourth-order valence-electron chi connectivity index (χ4n) is 2.36. The smallest absolute Gasteiger partial charge is 0.233 e. The SMILES string of the molecule is NNC(=O)CCCN1CCCC1CCCO. The van der Waals surface area contributed by atoms with E-state index >= 15 is 0 Å². The lowest BCUT2D eigenvalue weighted by molar-refractivity contribution is -0.121. The number of hydrazine groups is 1. The van der Waals surface area contributed by atoms with Gasteiger partial charge in [0.1, 0.15) is 0 Å². The van der Waals surface area contributed by atoms with Crippen molar-refractivity contribution in [1.29, 1.82) is 0 Å². The van der Waals surface area contributed by atoms with E-state index in [9.17, 15) is 4.79 Å². The van der Waals surface area contributed by atoms with Crippen LogP contribution in [0.15, 0.2) is 0 Å². The van der Waals surface area contributed by atoms with E-state index in [1.807, 2.05) is 0 Å². The summed E-state index contributed by atoms with van der Waals surface area (Å²) in [5.41, 5.74) is 2.15. The number of likely N-dealkylation sites (tertiary alicyclic amines) is 1. The summed E-state index contributed by atoms with van der Waals surface area (Å²) in [5.74, 6) is 4.93. The predicted molar refractivity (Wildman–Crippen MR) is 62.5 cm³/mol. The summed E-state index contributed by atoms with van der Waals surface area (Å²) in [5, 5.41) is 8.81. The first-order valence-corrected chi connectivity index (χ1v) is 6.12. The molecular weight excluding hydrogens is 206 g/mol. The Hall–Kier alpha value is -0.650. The molecule has 1 unspecified atom stereocenters. The summed E-state index contributed by atoms with van der Waals surface area (Å²) in [6, 6.07) is 0.605. The molecule has 1 rings (SSSR count). The fourth-order valence-corrected chi connectivity index (χ4v) is 2.36. The minimum absolute atomic E-state index is 0.0916. The van der Waals surface area contributed by atoms with Gasteiger partial charge in [-0.1, -0.05) is 0 Å². The molecule has 1 heterocycles. The Labute approximate surface area is 97.0 Å². The second kappa shape index (κ2) is 7.60. The standard InChI is InChI=1S/C11H23N3O2/c12-13-11(16)6-2-8-14-7-1-4-10(14)5-3-9-15/h10,15H,1-9,12H2,(H,13,16). The second-order valence-corrected chi connectivity index (χ2v) is 4.37. The minimum atomic E-state index is -0.0916. The van der Waals surface area contributed by atoms with E-state index in [1.165, 1.54) is 12.8 Å². The molecule has 0 aromatic rings. The largest absolute Gasteiger partial charge is 0.396 e. The third-order valence-electron chi connectivity index (χ3n) is 3.20. The highest BCUT2D eigenvalue weighted by Crippen LogP contribution is 2.21. The van der Waals surface area contributed by atoms with E-state index in [1.54, 1.807) is 0 Å². The van der Waals surface area contributed by atoms with Crippen LogP contribution in [0.3, 0.4) is 0 Å². The van der Waals surface area contributed by atoms with Gasteiger partial charge >= 0.3 is 0 Å². The summed E-state index contributed by atoms with van der Waals surface area (Å²) in [4.78, 5) is 13.4. The van der Waals surface area contributed by atoms with Gasteiger partial charge in [-0.3, -0.25) is 10.2 Å². The van der Waals surface area contributed by atoms with Crippen molar-refractivity contribution in [3.05, 3.63) is 0 Å². The highest BCUT2D eigenvalue weighted by Gasteiger charge is 2.23. The quantitative estimate of drug-likeness (QED) is 0.326. The molecule has 1 saturated heterocycles. The number of nitrogens with one attached hydrogen (secondary N) is 1. The number of aliphatic hydroxyl groups excluding tert-OH is 1. The first-order valence-electron chi connectivity index (χ1n) is 6.12. The normalized spacial score (nSPS) is 21.2. The zero-order valence-electron chi connectivity index (χ0n) is 9.82. The molecule has 0 spiro atoms. The van der Waals surface area contributed by atoms with Crippen molar-refractivity contribution in [2.75, 3.05) is 19.7 Å². The predicted octanol–water partition coefficient (Wildman–Crippen LogP) is -0.00660. The van der Waals surface area contributed by atoms with E-state index in [4.69, 9.17) is 10.9 Å². The van der Waals surface area contributed by atoms with Crippen LogP contribution in [0.25, 0.3) is 0 Å². The monoisotopic (exact) mass is 229 g/mol. The van der Waals surface area contributed by atoms with Crippen molar-refractivity contribution in [3.63, 3.8) is 0 Å². The number of nitrogens with zero attached hydrogens (tertiary/aromatic N) is 1. The summed E-state index contributed by atoms with van der Waals surface area (Å²) < 4.78 is 0. The number of aliphatic hydroxyl groups is 1. The first kappa shape index (κ1) is 13.4. The summed E-state index contributed by atoms with van der Waals surface area (Å²) in [6.07, 6.45) is 5.77. The van der Waals surface area contributed by atoms with Gasteiger partial charge in [-0.2, -0.15) is 0 Å². The maximum absolute atomic E-state index is 11.0. The summed E-state index contributed by atoms with van der Waals surface area (Å²) in [7, 11) is 0. The van der Waals surface area contributed by atoms with Gasteiger partial charge in [0.05, 0.1) is 0 Å². The van der Waals surface area contributed by atoms with E-state index in [0.29, 0.717) is 12.5 Å². The molecule has 1 fully saturated rings. The Balaban J connectivity index is 2.16. The lowest BCUT2D eigenvalue weighted by Crippen LogP contribution is -2.33. The van der Waals surface area contributed by atoms with E-state index < -0.39 is 0 Å². The third kappa shape index (κ3) is 4.47. The Morgan fingerprint density at radius 2 is 2.31 bits per heavy atom. The van der Waals surface area contributed by atoms with Gasteiger partial charge in [0.2, 0.25) is 5.91 Å². The van der Waals surface area contributed by atoms with Gasteiger partial charge in [-0.05, 0) is 45.2 Å².